The van der Waals surface area contributed by atoms with E-state index in [1.54, 1.807) is 36.4 Å². The van der Waals surface area contributed by atoms with Gasteiger partial charge in [0, 0.05) is 30.5 Å². The van der Waals surface area contributed by atoms with Crippen LogP contribution < -0.4 is 19.8 Å². The molecule has 0 atom stereocenters. The normalized spacial score (nSPS) is 16.1. The predicted octanol–water partition coefficient (Wildman–Crippen LogP) is 4.44. The number of fused-ring (bicyclic) bond motifs is 6. The third-order valence-corrected chi connectivity index (χ3v) is 11.1. The molecule has 6 nitrogen and oxygen atoms in total. The van der Waals surface area contributed by atoms with Crippen molar-refractivity contribution in [1.82, 2.24) is 0 Å². The van der Waals surface area contributed by atoms with Gasteiger partial charge in [-0.25, -0.2) is 4.79 Å². The van der Waals surface area contributed by atoms with Gasteiger partial charge in [-0.1, -0.05) is 66.6 Å². The van der Waals surface area contributed by atoms with E-state index in [4.69, 9.17) is 37.4 Å². The van der Waals surface area contributed by atoms with E-state index in [1.165, 1.54) is 13.8 Å². The molecule has 0 radical (unpaired) electrons. The fraction of sp³-hybridized carbons (Fsp3) is 0.192. The van der Waals surface area contributed by atoms with Crippen LogP contribution in [-0.2, 0) is 19.9 Å². The number of carbonyl (C=O) groups excluding carboxylic acids is 3. The molecule has 0 amide bonds. The number of ether oxygens (including phenoxy) is 3. The van der Waals surface area contributed by atoms with Crippen LogP contribution in [0.3, 0.4) is 0 Å². The molecule has 0 aliphatic carbocycles. The van der Waals surface area contributed by atoms with Crippen molar-refractivity contribution in [2.24, 2.45) is 0 Å². The van der Waals surface area contributed by atoms with Gasteiger partial charge in [0.2, 0.25) is 0 Å². The summed E-state index contributed by atoms with van der Waals surface area (Å²) < 4.78 is 17.0. The fourth-order valence-corrected chi connectivity index (χ4v) is 10.6. The van der Waals surface area contributed by atoms with E-state index in [1.807, 2.05) is 25.2 Å². The zero-order chi connectivity index (χ0) is 25.3. The van der Waals surface area contributed by atoms with Gasteiger partial charge >= 0.3 is 17.9 Å². The number of benzene rings is 3. The topological polar surface area (TPSA) is 78.9 Å². The molecule has 3 aromatic rings. The highest BCUT2D eigenvalue weighted by molar-refractivity contribution is 7.03. The summed E-state index contributed by atoms with van der Waals surface area (Å²) in [7, 11) is -2.76. The molecule has 35 heavy (non-hydrogen) atoms. The minimum atomic E-state index is -2.76. The number of rotatable bonds is 2. The molecule has 2 heterocycles. The fourth-order valence-electron chi connectivity index (χ4n) is 5.28. The van der Waals surface area contributed by atoms with Crippen LogP contribution in [0.5, 0.6) is 11.5 Å². The van der Waals surface area contributed by atoms with Gasteiger partial charge < -0.3 is 14.2 Å². The lowest BCUT2D eigenvalue weighted by atomic mass is 9.79. The largest absolute Gasteiger partial charge is 0.441 e. The standard InChI is InChI=1S/C26H20Cl2O6Si/c1-13(29)32-19-11-9-17-23(21(19)27)35(3,4)24-18(10-12-20(22(24)28)33-14(2)30)26(17)16-8-6-5-7-15(16)25(31)34-26/h5-12H,1-4H3. The molecule has 0 fully saturated rings. The van der Waals surface area contributed by atoms with Crippen LogP contribution >= 0.6 is 23.2 Å². The molecule has 178 valence electrons. The molecule has 0 saturated heterocycles. The Hall–Kier alpha value is -3.13. The smallest absolute Gasteiger partial charge is 0.340 e. The van der Waals surface area contributed by atoms with Crippen molar-refractivity contribution < 1.29 is 28.6 Å². The van der Waals surface area contributed by atoms with Gasteiger partial charge in [-0.2, -0.15) is 0 Å². The van der Waals surface area contributed by atoms with Gasteiger partial charge in [0.15, 0.2) is 5.60 Å². The highest BCUT2D eigenvalue weighted by atomic mass is 35.5. The summed E-state index contributed by atoms with van der Waals surface area (Å²) in [6, 6.07) is 14.0. The van der Waals surface area contributed by atoms with Gasteiger partial charge in [-0.3, -0.25) is 9.59 Å². The first-order valence-electron chi connectivity index (χ1n) is 10.9. The minimum Gasteiger partial charge on any atom is -0.441 e. The summed E-state index contributed by atoms with van der Waals surface area (Å²) in [4.78, 5) is 36.6. The van der Waals surface area contributed by atoms with E-state index in [9.17, 15) is 14.4 Å². The number of halogens is 2. The summed E-state index contributed by atoms with van der Waals surface area (Å²) in [6.45, 7) is 6.69. The van der Waals surface area contributed by atoms with Crippen molar-refractivity contribution in [3.05, 3.63) is 80.8 Å². The second-order valence-electron chi connectivity index (χ2n) is 9.03. The van der Waals surface area contributed by atoms with Gasteiger partial charge in [-0.15, -0.1) is 0 Å². The molecule has 1 spiro atoms. The maximum Gasteiger partial charge on any atom is 0.340 e. The Balaban J connectivity index is 1.93. The van der Waals surface area contributed by atoms with Gasteiger partial charge in [-0.05, 0) is 28.6 Å². The maximum atomic E-state index is 13.1. The van der Waals surface area contributed by atoms with Crippen molar-refractivity contribution in [2.45, 2.75) is 32.5 Å². The molecular formula is C26H20Cl2O6Si. The van der Waals surface area contributed by atoms with E-state index >= 15 is 0 Å². The van der Waals surface area contributed by atoms with E-state index in [0.29, 0.717) is 22.3 Å². The van der Waals surface area contributed by atoms with Gasteiger partial charge in [0.1, 0.15) is 19.6 Å². The van der Waals surface area contributed by atoms with Gasteiger partial charge in [0.05, 0.1) is 15.6 Å². The second kappa shape index (κ2) is 7.95. The SMILES string of the molecule is CC(=O)Oc1ccc2c(c1Cl)[Si](C)(C)c1c(ccc(OC(C)=O)c1Cl)C21OC(=O)c2ccccc21. The van der Waals surface area contributed by atoms with Crippen LogP contribution in [-0.4, -0.2) is 26.0 Å². The van der Waals surface area contributed by atoms with Crippen LogP contribution in [0.2, 0.25) is 23.1 Å². The molecule has 0 bridgehead atoms. The van der Waals surface area contributed by atoms with E-state index < -0.39 is 31.6 Å². The van der Waals surface area contributed by atoms with Crippen LogP contribution in [0.4, 0.5) is 0 Å². The highest BCUT2D eigenvalue weighted by Gasteiger charge is 2.57. The Morgan fingerprint density at radius 1 is 0.800 bits per heavy atom. The Morgan fingerprint density at radius 3 is 1.77 bits per heavy atom. The average molecular weight is 527 g/mol. The molecule has 0 unspecified atom stereocenters. The molecule has 5 rings (SSSR count). The Labute approximate surface area is 212 Å². The maximum absolute atomic E-state index is 13.1. The molecule has 9 heteroatoms. The van der Waals surface area contributed by atoms with Gasteiger partial charge in [0.25, 0.3) is 0 Å². The summed E-state index contributed by atoms with van der Waals surface area (Å²) in [6.07, 6.45) is 0. The van der Waals surface area contributed by atoms with Crippen molar-refractivity contribution in [3.8, 4) is 11.5 Å². The van der Waals surface area contributed by atoms with Crippen LogP contribution in [0.15, 0.2) is 48.5 Å². The third kappa shape index (κ3) is 3.26. The third-order valence-electron chi connectivity index (χ3n) is 6.50. The average Bonchev–Trinajstić information content (AvgIpc) is 3.08. The van der Waals surface area contributed by atoms with E-state index in [-0.39, 0.29) is 21.5 Å². The second-order valence-corrected chi connectivity index (χ2v) is 14.0. The van der Waals surface area contributed by atoms with Crippen LogP contribution in [0, 0.1) is 0 Å². The molecule has 2 aliphatic rings. The first kappa shape index (κ1) is 23.6. The lowest BCUT2D eigenvalue weighted by Crippen LogP contribution is -2.64. The Kier molecular flexibility index (Phi) is 5.36. The molecular weight excluding hydrogens is 507 g/mol. The van der Waals surface area contributed by atoms with E-state index in [2.05, 4.69) is 0 Å². The highest BCUT2D eigenvalue weighted by Crippen LogP contribution is 2.51. The molecule has 2 aliphatic heterocycles. The van der Waals surface area contributed by atoms with Crippen LogP contribution in [0.25, 0.3) is 0 Å². The number of hydrogen-bond acceptors (Lipinski definition) is 6. The lowest BCUT2D eigenvalue weighted by molar-refractivity contribution is -0.132. The summed E-state index contributed by atoms with van der Waals surface area (Å²) >= 11 is 13.8. The monoisotopic (exact) mass is 526 g/mol. The lowest BCUT2D eigenvalue weighted by Gasteiger charge is -2.44. The molecule has 0 aromatic heterocycles. The van der Waals surface area contributed by atoms with E-state index in [0.717, 1.165) is 10.4 Å². The quantitative estimate of drug-likeness (QED) is 0.279. The predicted molar refractivity (Wildman–Crippen MR) is 134 cm³/mol. The Morgan fingerprint density at radius 2 is 1.29 bits per heavy atom. The summed E-state index contributed by atoms with van der Waals surface area (Å²) in [5, 5.41) is 1.95. The number of carbonyl (C=O) groups is 3. The zero-order valence-corrected chi connectivity index (χ0v) is 21.8. The van der Waals surface area contributed by atoms with Crippen molar-refractivity contribution in [2.75, 3.05) is 0 Å². The van der Waals surface area contributed by atoms with Crippen molar-refractivity contribution in [1.29, 1.82) is 0 Å². The molecule has 0 saturated carbocycles. The number of esters is 3. The first-order valence-corrected chi connectivity index (χ1v) is 14.6. The zero-order valence-electron chi connectivity index (χ0n) is 19.3. The van der Waals surface area contributed by atoms with Crippen LogP contribution in [0.1, 0.15) is 40.9 Å². The van der Waals surface area contributed by atoms with Crippen molar-refractivity contribution in [3.63, 3.8) is 0 Å². The molecule has 0 N–H and O–H groups in total. The molecule has 3 aromatic carbocycles. The van der Waals surface area contributed by atoms with Crippen molar-refractivity contribution >= 4 is 59.6 Å². The first-order chi connectivity index (χ1) is 16.5. The summed E-state index contributed by atoms with van der Waals surface area (Å²) in [5.41, 5.74) is 1.16. The number of hydrogen-bond donors (Lipinski definition) is 0. The Bertz CT molecular complexity index is 1390. The minimum absolute atomic E-state index is 0.210. The summed E-state index contributed by atoms with van der Waals surface area (Å²) in [5.74, 6) is -1.07.